The van der Waals surface area contributed by atoms with E-state index < -0.39 is 0 Å². The summed E-state index contributed by atoms with van der Waals surface area (Å²) in [5.41, 5.74) is 1.35. The summed E-state index contributed by atoms with van der Waals surface area (Å²) in [6.45, 7) is 4.66. The van der Waals surface area contributed by atoms with Gasteiger partial charge in [-0.2, -0.15) is 0 Å². The Kier molecular flexibility index (Phi) is 5.05. The van der Waals surface area contributed by atoms with Crippen molar-refractivity contribution in [2.24, 2.45) is 5.92 Å². The molecule has 2 aliphatic rings. The maximum atomic E-state index is 6.18. The molecule has 2 fully saturated rings. The molecule has 0 radical (unpaired) electrons. The van der Waals surface area contributed by atoms with Gasteiger partial charge in [0.05, 0.1) is 6.10 Å². The number of nitrogens with zero attached hydrogens (tertiary/aromatic N) is 1. The highest BCUT2D eigenvalue weighted by Gasteiger charge is 2.21. The van der Waals surface area contributed by atoms with Gasteiger partial charge in [-0.1, -0.05) is 19.3 Å². The zero-order valence-corrected chi connectivity index (χ0v) is 13.4. The molecule has 2 heteroatoms. The second-order valence-corrected chi connectivity index (χ2v) is 6.76. The molecule has 1 aromatic rings. The molecule has 1 unspecified atom stereocenters. The number of anilines is 1. The van der Waals surface area contributed by atoms with E-state index in [2.05, 4.69) is 36.1 Å². The van der Waals surface area contributed by atoms with Gasteiger partial charge in [-0.05, 0) is 69.2 Å². The van der Waals surface area contributed by atoms with Crippen LogP contribution in [-0.4, -0.2) is 19.2 Å². The summed E-state index contributed by atoms with van der Waals surface area (Å²) in [6.07, 6.45) is 11.3. The van der Waals surface area contributed by atoms with E-state index >= 15 is 0 Å². The molecule has 1 atom stereocenters. The van der Waals surface area contributed by atoms with E-state index in [1.807, 2.05) is 0 Å². The lowest BCUT2D eigenvalue weighted by atomic mass is 9.86. The Labute approximate surface area is 129 Å². The zero-order chi connectivity index (χ0) is 14.5. The minimum Gasteiger partial charge on any atom is -0.490 e. The Bertz CT molecular complexity index is 416. The standard InChI is InChI=1S/C19H29NO/c1-16(17-8-4-2-5-9-17)21-19-12-10-18(11-13-19)20-14-6-3-7-15-20/h10-13,16-17H,2-9,14-15H2,1H3. The van der Waals surface area contributed by atoms with Gasteiger partial charge in [0.15, 0.2) is 0 Å². The van der Waals surface area contributed by atoms with Gasteiger partial charge in [-0.25, -0.2) is 0 Å². The van der Waals surface area contributed by atoms with Crippen LogP contribution in [0.3, 0.4) is 0 Å². The third-order valence-corrected chi connectivity index (χ3v) is 5.19. The molecule has 21 heavy (non-hydrogen) atoms. The first-order valence-corrected chi connectivity index (χ1v) is 8.84. The van der Waals surface area contributed by atoms with E-state index in [0.29, 0.717) is 6.10 Å². The van der Waals surface area contributed by atoms with Gasteiger partial charge < -0.3 is 9.64 Å². The van der Waals surface area contributed by atoms with Crippen LogP contribution in [-0.2, 0) is 0 Å². The minimum atomic E-state index is 0.353. The summed E-state index contributed by atoms with van der Waals surface area (Å²) in [5, 5.41) is 0. The van der Waals surface area contributed by atoms with Crippen molar-refractivity contribution in [3.05, 3.63) is 24.3 Å². The second kappa shape index (κ2) is 7.20. The van der Waals surface area contributed by atoms with Crippen molar-refractivity contribution in [3.63, 3.8) is 0 Å². The molecular formula is C19H29NO. The van der Waals surface area contributed by atoms with Crippen LogP contribution in [0.5, 0.6) is 5.75 Å². The van der Waals surface area contributed by atoms with E-state index in [1.54, 1.807) is 0 Å². The molecule has 0 amide bonds. The van der Waals surface area contributed by atoms with Crippen molar-refractivity contribution in [1.29, 1.82) is 0 Å². The van der Waals surface area contributed by atoms with E-state index in [1.165, 1.54) is 70.1 Å². The lowest BCUT2D eigenvalue weighted by Crippen LogP contribution is -2.29. The average molecular weight is 287 g/mol. The number of benzene rings is 1. The highest BCUT2D eigenvalue weighted by Crippen LogP contribution is 2.29. The molecule has 0 spiro atoms. The zero-order valence-electron chi connectivity index (χ0n) is 13.4. The van der Waals surface area contributed by atoms with Crippen molar-refractivity contribution in [2.75, 3.05) is 18.0 Å². The molecule has 0 N–H and O–H groups in total. The molecule has 2 nitrogen and oxygen atoms in total. The molecule has 1 saturated carbocycles. The van der Waals surface area contributed by atoms with Gasteiger partial charge in [0.1, 0.15) is 5.75 Å². The van der Waals surface area contributed by atoms with Crippen LogP contribution >= 0.6 is 0 Å². The van der Waals surface area contributed by atoms with Gasteiger partial charge in [-0.15, -0.1) is 0 Å². The molecule has 1 aliphatic carbocycles. The van der Waals surface area contributed by atoms with Crippen LogP contribution in [0.25, 0.3) is 0 Å². The summed E-state index contributed by atoms with van der Waals surface area (Å²) in [4.78, 5) is 2.50. The minimum absolute atomic E-state index is 0.353. The first-order valence-electron chi connectivity index (χ1n) is 8.84. The van der Waals surface area contributed by atoms with Crippen LogP contribution in [0.2, 0.25) is 0 Å². The fourth-order valence-electron chi connectivity index (χ4n) is 3.80. The Morgan fingerprint density at radius 2 is 1.52 bits per heavy atom. The maximum Gasteiger partial charge on any atom is 0.119 e. The molecule has 116 valence electrons. The summed E-state index contributed by atoms with van der Waals surface area (Å²) < 4.78 is 6.18. The van der Waals surface area contributed by atoms with E-state index in [0.717, 1.165) is 11.7 Å². The van der Waals surface area contributed by atoms with Crippen LogP contribution in [0.4, 0.5) is 5.69 Å². The lowest BCUT2D eigenvalue weighted by molar-refractivity contribution is 0.123. The van der Waals surface area contributed by atoms with Crippen molar-refractivity contribution in [2.45, 2.75) is 64.4 Å². The molecule has 1 heterocycles. The Morgan fingerprint density at radius 3 is 2.19 bits per heavy atom. The number of hydrogen-bond acceptors (Lipinski definition) is 2. The monoisotopic (exact) mass is 287 g/mol. The van der Waals surface area contributed by atoms with Crippen LogP contribution in [0, 0.1) is 5.92 Å². The Hall–Kier alpha value is -1.18. The van der Waals surface area contributed by atoms with Crippen LogP contribution in [0.15, 0.2) is 24.3 Å². The van der Waals surface area contributed by atoms with Crippen molar-refractivity contribution in [3.8, 4) is 5.75 Å². The normalized spacial score (nSPS) is 22.0. The fraction of sp³-hybridized carbons (Fsp3) is 0.684. The van der Waals surface area contributed by atoms with Crippen molar-refractivity contribution >= 4 is 5.69 Å². The topological polar surface area (TPSA) is 12.5 Å². The first-order chi connectivity index (χ1) is 10.3. The number of hydrogen-bond donors (Lipinski definition) is 0. The summed E-state index contributed by atoms with van der Waals surface area (Å²) in [7, 11) is 0. The smallest absolute Gasteiger partial charge is 0.119 e. The third-order valence-electron chi connectivity index (χ3n) is 5.19. The van der Waals surface area contributed by atoms with Gasteiger partial charge >= 0.3 is 0 Å². The first kappa shape index (κ1) is 14.7. The molecule has 1 aromatic carbocycles. The van der Waals surface area contributed by atoms with Gasteiger partial charge in [0.25, 0.3) is 0 Å². The summed E-state index contributed by atoms with van der Waals surface area (Å²) in [5.74, 6) is 1.79. The predicted octanol–water partition coefficient (Wildman–Crippen LogP) is 5.02. The van der Waals surface area contributed by atoms with E-state index in [9.17, 15) is 0 Å². The molecule has 1 saturated heterocycles. The fourth-order valence-corrected chi connectivity index (χ4v) is 3.80. The highest BCUT2D eigenvalue weighted by atomic mass is 16.5. The molecular weight excluding hydrogens is 258 g/mol. The summed E-state index contributed by atoms with van der Waals surface area (Å²) in [6, 6.07) is 8.77. The van der Waals surface area contributed by atoms with Crippen LogP contribution in [0.1, 0.15) is 58.3 Å². The maximum absolute atomic E-state index is 6.18. The van der Waals surface area contributed by atoms with E-state index in [-0.39, 0.29) is 0 Å². The Balaban J connectivity index is 1.56. The number of piperidine rings is 1. The molecule has 3 rings (SSSR count). The largest absolute Gasteiger partial charge is 0.490 e. The number of ether oxygens (including phenoxy) is 1. The van der Waals surface area contributed by atoms with Gasteiger partial charge in [0.2, 0.25) is 0 Å². The quantitative estimate of drug-likeness (QED) is 0.770. The van der Waals surface area contributed by atoms with Crippen molar-refractivity contribution < 1.29 is 4.74 Å². The highest BCUT2D eigenvalue weighted by molar-refractivity contribution is 5.49. The predicted molar refractivity (Wildman–Crippen MR) is 89.2 cm³/mol. The molecule has 0 aromatic heterocycles. The SMILES string of the molecule is CC(Oc1ccc(N2CCCCC2)cc1)C1CCCCC1. The summed E-state index contributed by atoms with van der Waals surface area (Å²) >= 11 is 0. The molecule has 0 bridgehead atoms. The second-order valence-electron chi connectivity index (χ2n) is 6.76. The van der Waals surface area contributed by atoms with Gasteiger partial charge in [-0.3, -0.25) is 0 Å². The third kappa shape index (κ3) is 3.93. The molecule has 1 aliphatic heterocycles. The Morgan fingerprint density at radius 1 is 0.905 bits per heavy atom. The average Bonchev–Trinajstić information content (AvgIpc) is 2.57. The van der Waals surface area contributed by atoms with E-state index in [4.69, 9.17) is 4.74 Å². The van der Waals surface area contributed by atoms with Crippen molar-refractivity contribution in [1.82, 2.24) is 0 Å². The van der Waals surface area contributed by atoms with Crippen LogP contribution < -0.4 is 9.64 Å². The van der Waals surface area contributed by atoms with Gasteiger partial charge in [0, 0.05) is 18.8 Å². The lowest BCUT2D eigenvalue weighted by Gasteiger charge is -2.30. The number of rotatable bonds is 4.